The van der Waals surface area contributed by atoms with E-state index in [9.17, 15) is 21.6 Å². The molecule has 0 aliphatic heterocycles. The number of benzene rings is 1. The number of aliphatic imine (C=N–C) groups is 1. The molecule has 0 aliphatic rings. The van der Waals surface area contributed by atoms with Gasteiger partial charge in [0.1, 0.15) is 12.4 Å². The number of nitrogens with two attached hydrogens (primary N) is 1. The molecule has 0 fully saturated rings. The first-order chi connectivity index (χ1) is 11.1. The minimum Gasteiger partial charge on any atom is -0.492 e. The molecule has 1 aromatic rings. The summed E-state index contributed by atoms with van der Waals surface area (Å²) in [5, 5.41) is 0. The number of halogens is 3. The minimum absolute atomic E-state index is 0.160. The monoisotopic (exact) mass is 367 g/mol. The van der Waals surface area contributed by atoms with Gasteiger partial charge in [-0.3, -0.25) is 0 Å². The predicted molar refractivity (Wildman–Crippen MR) is 84.6 cm³/mol. The van der Waals surface area contributed by atoms with E-state index in [1.54, 1.807) is 0 Å². The fourth-order valence-corrected chi connectivity index (χ4v) is 2.58. The Balaban J connectivity index is 2.62. The molecule has 0 saturated heterocycles. The third kappa shape index (κ3) is 5.02. The summed E-state index contributed by atoms with van der Waals surface area (Å²) in [6.07, 6.45) is 0. The van der Waals surface area contributed by atoms with Gasteiger partial charge in [0, 0.05) is 13.1 Å². The Morgan fingerprint density at radius 1 is 1.21 bits per heavy atom. The van der Waals surface area contributed by atoms with Gasteiger partial charge in [0.25, 0.3) is 9.84 Å². The maximum absolute atomic E-state index is 12.4. The molecule has 6 nitrogen and oxygen atoms in total. The molecule has 1 aromatic carbocycles. The fourth-order valence-electron chi connectivity index (χ4n) is 1.82. The standard InChI is InChI=1S/C14H20F3N3O3S/c1-3-20(4-2)13(18)19-9-10-23-11-5-7-12(8-6-11)24(21,22)14(15,16)17/h5-8H,3-4,9-10H2,1-2H3,(H2,18,19). The van der Waals surface area contributed by atoms with Gasteiger partial charge in [-0.2, -0.15) is 13.2 Å². The van der Waals surface area contributed by atoms with Gasteiger partial charge in [-0.05, 0) is 38.1 Å². The van der Waals surface area contributed by atoms with E-state index in [2.05, 4.69) is 4.99 Å². The highest BCUT2D eigenvalue weighted by atomic mass is 32.2. The maximum atomic E-state index is 12.4. The Hall–Kier alpha value is -1.97. The highest BCUT2D eigenvalue weighted by Gasteiger charge is 2.46. The lowest BCUT2D eigenvalue weighted by molar-refractivity contribution is -0.0436. The van der Waals surface area contributed by atoms with Crippen LogP contribution in [0.25, 0.3) is 0 Å². The van der Waals surface area contributed by atoms with Gasteiger partial charge in [-0.1, -0.05) is 0 Å². The molecule has 0 unspecified atom stereocenters. The summed E-state index contributed by atoms with van der Waals surface area (Å²) in [7, 11) is -5.34. The van der Waals surface area contributed by atoms with Crippen LogP contribution in [0.15, 0.2) is 34.2 Å². The molecule has 1 rings (SSSR count). The summed E-state index contributed by atoms with van der Waals surface area (Å²) < 4.78 is 65.0. The van der Waals surface area contributed by atoms with Crippen molar-refractivity contribution in [3.63, 3.8) is 0 Å². The summed E-state index contributed by atoms with van der Waals surface area (Å²) in [4.78, 5) is 5.15. The van der Waals surface area contributed by atoms with Crippen LogP contribution in [0, 0.1) is 0 Å². The lowest BCUT2D eigenvalue weighted by Crippen LogP contribution is -2.37. The number of sulfone groups is 1. The van der Waals surface area contributed by atoms with E-state index >= 15 is 0 Å². The van der Waals surface area contributed by atoms with Crippen molar-refractivity contribution in [3.8, 4) is 5.75 Å². The van der Waals surface area contributed by atoms with Crippen LogP contribution in [-0.4, -0.2) is 51.0 Å². The van der Waals surface area contributed by atoms with Gasteiger partial charge in [0.05, 0.1) is 11.4 Å². The highest BCUT2D eigenvalue weighted by molar-refractivity contribution is 7.92. The number of ether oxygens (including phenoxy) is 1. The number of guanidine groups is 1. The van der Waals surface area contributed by atoms with Crippen molar-refractivity contribution in [2.75, 3.05) is 26.2 Å². The summed E-state index contributed by atoms with van der Waals surface area (Å²) in [6, 6.07) is 4.03. The number of hydrogen-bond acceptors (Lipinski definition) is 4. The Morgan fingerprint density at radius 3 is 2.21 bits per heavy atom. The summed E-state index contributed by atoms with van der Waals surface area (Å²) >= 11 is 0. The second kappa shape index (κ2) is 8.22. The molecule has 0 saturated carbocycles. The molecule has 0 radical (unpaired) electrons. The molecular formula is C14H20F3N3O3S. The van der Waals surface area contributed by atoms with E-state index in [1.165, 1.54) is 0 Å². The molecule has 0 atom stereocenters. The predicted octanol–water partition coefficient (Wildman–Crippen LogP) is 2.02. The molecular weight excluding hydrogens is 347 g/mol. The zero-order chi connectivity index (χ0) is 18.4. The molecule has 0 aliphatic carbocycles. The van der Waals surface area contributed by atoms with Crippen LogP contribution in [0.5, 0.6) is 5.75 Å². The van der Waals surface area contributed by atoms with Crippen molar-refractivity contribution in [2.24, 2.45) is 10.7 Å². The second-order valence-electron chi connectivity index (χ2n) is 4.68. The topological polar surface area (TPSA) is 85.0 Å². The molecule has 24 heavy (non-hydrogen) atoms. The Bertz CT molecular complexity index is 654. The highest BCUT2D eigenvalue weighted by Crippen LogP contribution is 2.30. The Morgan fingerprint density at radius 2 is 1.75 bits per heavy atom. The van der Waals surface area contributed by atoms with E-state index in [-0.39, 0.29) is 18.9 Å². The zero-order valence-electron chi connectivity index (χ0n) is 13.4. The van der Waals surface area contributed by atoms with E-state index < -0.39 is 20.2 Å². The number of rotatable bonds is 7. The molecule has 0 aromatic heterocycles. The van der Waals surface area contributed by atoms with Crippen LogP contribution >= 0.6 is 0 Å². The SMILES string of the molecule is CCN(CC)C(N)=NCCOc1ccc(S(=O)(=O)C(F)(F)F)cc1. The van der Waals surface area contributed by atoms with E-state index in [4.69, 9.17) is 10.5 Å². The van der Waals surface area contributed by atoms with Crippen LogP contribution in [-0.2, 0) is 9.84 Å². The summed E-state index contributed by atoms with van der Waals surface area (Å²) in [5.41, 5.74) is 0.447. The molecule has 0 spiro atoms. The first-order valence-electron chi connectivity index (χ1n) is 7.22. The molecule has 136 valence electrons. The van der Waals surface area contributed by atoms with Crippen LogP contribution in [0.4, 0.5) is 13.2 Å². The number of alkyl halides is 3. The summed E-state index contributed by atoms with van der Waals surface area (Å²) in [6.45, 7) is 5.76. The van der Waals surface area contributed by atoms with Crippen molar-refractivity contribution in [1.29, 1.82) is 0 Å². The molecule has 2 N–H and O–H groups in total. The van der Waals surface area contributed by atoms with Gasteiger partial charge >= 0.3 is 5.51 Å². The van der Waals surface area contributed by atoms with Crippen molar-refractivity contribution < 1.29 is 26.3 Å². The maximum Gasteiger partial charge on any atom is 0.501 e. The summed E-state index contributed by atoms with van der Waals surface area (Å²) in [5.74, 6) is 0.628. The average Bonchev–Trinajstić information content (AvgIpc) is 2.52. The van der Waals surface area contributed by atoms with E-state index in [0.717, 1.165) is 37.4 Å². The van der Waals surface area contributed by atoms with Crippen molar-refractivity contribution in [3.05, 3.63) is 24.3 Å². The minimum atomic E-state index is -5.34. The van der Waals surface area contributed by atoms with E-state index in [1.807, 2.05) is 18.7 Å². The Kier molecular flexibility index (Phi) is 6.88. The van der Waals surface area contributed by atoms with Gasteiger partial charge in [-0.25, -0.2) is 13.4 Å². The molecule has 0 amide bonds. The van der Waals surface area contributed by atoms with Crippen LogP contribution in [0.1, 0.15) is 13.8 Å². The van der Waals surface area contributed by atoms with Gasteiger partial charge in [0.2, 0.25) is 0 Å². The third-order valence-corrected chi connectivity index (χ3v) is 4.66. The zero-order valence-corrected chi connectivity index (χ0v) is 14.2. The lowest BCUT2D eigenvalue weighted by Gasteiger charge is -2.19. The van der Waals surface area contributed by atoms with Crippen molar-refractivity contribution >= 4 is 15.8 Å². The smallest absolute Gasteiger partial charge is 0.492 e. The molecule has 0 bridgehead atoms. The van der Waals surface area contributed by atoms with E-state index in [0.29, 0.717) is 5.96 Å². The first kappa shape index (κ1) is 20.1. The van der Waals surface area contributed by atoms with Crippen LogP contribution in [0.3, 0.4) is 0 Å². The third-order valence-electron chi connectivity index (χ3n) is 3.16. The first-order valence-corrected chi connectivity index (χ1v) is 8.70. The Labute approximate surface area is 139 Å². The van der Waals surface area contributed by atoms with Gasteiger partial charge < -0.3 is 15.4 Å². The van der Waals surface area contributed by atoms with Gasteiger partial charge in [-0.15, -0.1) is 0 Å². The largest absolute Gasteiger partial charge is 0.501 e. The van der Waals surface area contributed by atoms with Crippen LogP contribution < -0.4 is 10.5 Å². The van der Waals surface area contributed by atoms with Crippen molar-refractivity contribution in [1.82, 2.24) is 4.90 Å². The normalized spacial score (nSPS) is 13.0. The average molecular weight is 367 g/mol. The van der Waals surface area contributed by atoms with Crippen molar-refractivity contribution in [2.45, 2.75) is 24.3 Å². The van der Waals surface area contributed by atoms with Crippen LogP contribution in [0.2, 0.25) is 0 Å². The lowest BCUT2D eigenvalue weighted by atomic mass is 10.3. The quantitative estimate of drug-likeness (QED) is 0.453. The number of nitrogens with zero attached hydrogens (tertiary/aromatic N) is 2. The number of hydrogen-bond donors (Lipinski definition) is 1. The second-order valence-corrected chi connectivity index (χ2v) is 6.62. The molecule has 10 heteroatoms. The fraction of sp³-hybridized carbons (Fsp3) is 0.500. The van der Waals surface area contributed by atoms with Gasteiger partial charge in [0.15, 0.2) is 5.96 Å². The molecule has 0 heterocycles.